The maximum absolute atomic E-state index is 10.1. The second-order valence-corrected chi connectivity index (χ2v) is 3.81. The summed E-state index contributed by atoms with van der Waals surface area (Å²) >= 11 is 0. The zero-order valence-corrected chi connectivity index (χ0v) is 10.4. The molecule has 0 amide bonds. The first-order valence-electron chi connectivity index (χ1n) is 5.65. The summed E-state index contributed by atoms with van der Waals surface area (Å²) in [6, 6.07) is 0. The van der Waals surface area contributed by atoms with Crippen molar-refractivity contribution in [3.63, 3.8) is 0 Å². The van der Waals surface area contributed by atoms with E-state index in [0.29, 0.717) is 12.1 Å². The molecule has 8 heteroatoms. The maximum atomic E-state index is 10.1. The van der Waals surface area contributed by atoms with Crippen molar-refractivity contribution in [2.45, 2.75) is 32.6 Å². The number of hydrogen-bond donors (Lipinski definition) is 3. The van der Waals surface area contributed by atoms with Crippen LogP contribution in [-0.4, -0.2) is 40.7 Å². The van der Waals surface area contributed by atoms with Crippen LogP contribution in [0.2, 0.25) is 0 Å². The summed E-state index contributed by atoms with van der Waals surface area (Å²) in [7, 11) is -2.67. The normalized spacial score (nSPS) is 13.9. The summed E-state index contributed by atoms with van der Waals surface area (Å²) in [5.74, 6) is 0. The lowest BCUT2D eigenvalue weighted by Crippen LogP contribution is -2.09. The smallest absolute Gasteiger partial charge is 0.398 e. The van der Waals surface area contributed by atoms with Crippen LogP contribution in [0.5, 0.6) is 0 Å². The fraction of sp³-hybridized carbons (Fsp3) is 0.600. The fourth-order valence-electron chi connectivity index (χ4n) is 1.46. The topological polar surface area (TPSA) is 115 Å². The first-order chi connectivity index (χ1) is 8.51. The third-order valence-electron chi connectivity index (χ3n) is 2.30. The van der Waals surface area contributed by atoms with Crippen molar-refractivity contribution in [1.29, 1.82) is 0 Å². The third-order valence-corrected chi connectivity index (χ3v) is 2.30. The largest absolute Gasteiger partial charge is 0.674 e. The number of hydrogen-bond acceptors (Lipinski definition) is 4. The summed E-state index contributed by atoms with van der Waals surface area (Å²) in [6.07, 6.45) is 5.42. The first-order valence-corrected chi connectivity index (χ1v) is 5.65. The third kappa shape index (κ3) is 7.86. The fourth-order valence-corrected chi connectivity index (χ4v) is 1.46. The van der Waals surface area contributed by atoms with E-state index in [1.165, 1.54) is 5.57 Å². The molecule has 0 aromatic heterocycles. The first kappa shape index (κ1) is 16.7. The molecule has 0 aliphatic carbocycles. The molecule has 0 spiro atoms. The standard InChI is InChI=1S/C10H16N4.BFH2O2/c1-8-6-9(14-12)7-13-10(8)4-2-3-5-11;2-1(3)4/h7H,2-6,11H2,1H3;3-4H. The molecule has 18 heavy (non-hydrogen) atoms. The predicted octanol–water partition coefficient (Wildman–Crippen LogP) is 0.460. The van der Waals surface area contributed by atoms with E-state index in [4.69, 9.17) is 21.3 Å². The summed E-state index contributed by atoms with van der Waals surface area (Å²) in [4.78, 5) is 7.40. The van der Waals surface area contributed by atoms with Crippen LogP contribution in [0.25, 0.3) is 5.53 Å². The number of unbranched alkanes of at least 4 members (excludes halogenated alkanes) is 1. The molecule has 0 radical (unpaired) electrons. The number of nitrogens with two attached hydrogens (primary N) is 1. The van der Waals surface area contributed by atoms with Gasteiger partial charge in [0, 0.05) is 5.70 Å². The molecule has 1 aliphatic heterocycles. The number of allylic oxidation sites excluding steroid dienone is 2. The van der Waals surface area contributed by atoms with Crippen LogP contribution in [0.15, 0.2) is 16.3 Å². The average molecular weight is 256 g/mol. The highest BCUT2D eigenvalue weighted by atomic mass is 19.1. The van der Waals surface area contributed by atoms with Crippen molar-refractivity contribution in [1.82, 2.24) is 0 Å². The maximum Gasteiger partial charge on any atom is 0.674 e. The van der Waals surface area contributed by atoms with Gasteiger partial charge in [0.05, 0.1) is 6.42 Å². The number of halogens is 1. The highest BCUT2D eigenvalue weighted by Crippen LogP contribution is 2.19. The summed E-state index contributed by atoms with van der Waals surface area (Å²) in [5.41, 5.74) is 16.9. The Morgan fingerprint density at radius 2 is 2.17 bits per heavy atom. The van der Waals surface area contributed by atoms with E-state index in [2.05, 4.69) is 9.78 Å². The van der Waals surface area contributed by atoms with E-state index in [-0.39, 0.29) is 0 Å². The number of aliphatic imine (C=N–C) groups is 1. The van der Waals surface area contributed by atoms with E-state index < -0.39 is 7.40 Å². The summed E-state index contributed by atoms with van der Waals surface area (Å²) in [5, 5.41) is 13.9. The molecule has 1 heterocycles. The minimum Gasteiger partial charge on any atom is -0.398 e. The molecule has 0 unspecified atom stereocenters. The molecule has 0 aromatic carbocycles. The molecule has 0 atom stereocenters. The molecule has 1 rings (SSSR count). The van der Waals surface area contributed by atoms with Crippen LogP contribution in [0, 0.1) is 0 Å². The zero-order chi connectivity index (χ0) is 14.0. The molecule has 0 aromatic rings. The Bertz CT molecular complexity index is 362. The lowest BCUT2D eigenvalue weighted by Gasteiger charge is -2.08. The Balaban J connectivity index is 0.000000631. The Morgan fingerprint density at radius 3 is 2.61 bits per heavy atom. The average Bonchev–Trinajstić information content (AvgIpc) is 2.30. The molecular formula is C10H18BFN4O2. The molecule has 0 fully saturated rings. The van der Waals surface area contributed by atoms with Crippen molar-refractivity contribution >= 4 is 19.3 Å². The Morgan fingerprint density at radius 1 is 1.56 bits per heavy atom. The van der Waals surface area contributed by atoms with Gasteiger partial charge in [0.25, 0.3) is 0 Å². The van der Waals surface area contributed by atoms with Crippen LogP contribution in [0.4, 0.5) is 4.32 Å². The lowest BCUT2D eigenvalue weighted by molar-refractivity contribution is -0.00346. The van der Waals surface area contributed by atoms with Gasteiger partial charge in [0.1, 0.15) is 6.21 Å². The highest BCUT2D eigenvalue weighted by molar-refractivity contribution is 6.31. The lowest BCUT2D eigenvalue weighted by atomic mass is 10.0. The van der Waals surface area contributed by atoms with Gasteiger partial charge in [-0.3, -0.25) is 9.31 Å². The Kier molecular flexibility index (Phi) is 8.95. The molecule has 0 bridgehead atoms. The number of rotatable bonds is 4. The van der Waals surface area contributed by atoms with E-state index >= 15 is 0 Å². The Hall–Kier alpha value is -1.34. The van der Waals surface area contributed by atoms with Gasteiger partial charge in [-0.1, -0.05) is 0 Å². The van der Waals surface area contributed by atoms with E-state index in [0.717, 1.165) is 31.5 Å². The van der Waals surface area contributed by atoms with Gasteiger partial charge in [-0.15, -0.1) is 0 Å². The van der Waals surface area contributed by atoms with Gasteiger partial charge in [-0.2, -0.15) is 4.79 Å². The quantitative estimate of drug-likeness (QED) is 0.293. The van der Waals surface area contributed by atoms with Gasteiger partial charge in [0.15, 0.2) is 0 Å². The second kappa shape index (κ2) is 9.67. The van der Waals surface area contributed by atoms with Crippen LogP contribution < -0.4 is 5.73 Å². The second-order valence-electron chi connectivity index (χ2n) is 3.81. The van der Waals surface area contributed by atoms with E-state index in [1.54, 1.807) is 6.21 Å². The van der Waals surface area contributed by atoms with Crippen molar-refractivity contribution in [3.05, 3.63) is 16.8 Å². The van der Waals surface area contributed by atoms with Gasteiger partial charge in [-0.05, 0) is 38.3 Å². The molecule has 0 saturated carbocycles. The van der Waals surface area contributed by atoms with Crippen molar-refractivity contribution in [3.8, 4) is 0 Å². The van der Waals surface area contributed by atoms with E-state index in [1.807, 2.05) is 6.92 Å². The molecule has 1 aliphatic rings. The molecule has 100 valence electrons. The van der Waals surface area contributed by atoms with E-state index in [9.17, 15) is 4.32 Å². The zero-order valence-electron chi connectivity index (χ0n) is 10.4. The van der Waals surface area contributed by atoms with Crippen LogP contribution in [-0.2, 0) is 0 Å². The minimum atomic E-state index is -2.67. The summed E-state index contributed by atoms with van der Waals surface area (Å²) < 4.78 is 10.1. The Labute approximate surface area is 106 Å². The van der Waals surface area contributed by atoms with Crippen LogP contribution in [0.1, 0.15) is 32.6 Å². The molecule has 0 saturated heterocycles. The molecule has 4 N–H and O–H groups in total. The SMILES string of the molecule is CC1=C(CCCCN)N=CC(=[N+]=[N-])C1.OB(O)F. The molecule has 6 nitrogen and oxygen atoms in total. The van der Waals surface area contributed by atoms with Crippen molar-refractivity contribution in [2.24, 2.45) is 10.7 Å². The minimum absolute atomic E-state index is 0.630. The van der Waals surface area contributed by atoms with Gasteiger partial charge in [-0.25, -0.2) is 0 Å². The monoisotopic (exact) mass is 256 g/mol. The van der Waals surface area contributed by atoms with Crippen LogP contribution in [0.3, 0.4) is 0 Å². The van der Waals surface area contributed by atoms with Crippen LogP contribution >= 0.6 is 0 Å². The van der Waals surface area contributed by atoms with Crippen molar-refractivity contribution < 1.29 is 19.2 Å². The van der Waals surface area contributed by atoms with Crippen molar-refractivity contribution in [2.75, 3.05) is 6.54 Å². The molecular weight excluding hydrogens is 238 g/mol. The summed E-state index contributed by atoms with van der Waals surface area (Å²) in [6.45, 7) is 2.76. The number of nitrogens with zero attached hydrogens (tertiary/aromatic N) is 3. The van der Waals surface area contributed by atoms with Gasteiger partial charge < -0.3 is 21.3 Å². The highest BCUT2D eigenvalue weighted by Gasteiger charge is 2.14. The van der Waals surface area contributed by atoms with Gasteiger partial charge in [0.2, 0.25) is 0 Å². The predicted molar refractivity (Wildman–Crippen MR) is 68.6 cm³/mol. The van der Waals surface area contributed by atoms with Gasteiger partial charge >= 0.3 is 13.1 Å².